The number of ketones is 1. The minimum atomic E-state index is -0.839. The summed E-state index contributed by atoms with van der Waals surface area (Å²) in [5, 5.41) is 20.6. The number of carbonyl (C=O) groups excluding carboxylic acids is 1. The molecular formula is C15H22O4. The Balaban J connectivity index is 1.96. The van der Waals surface area contributed by atoms with Crippen molar-refractivity contribution in [2.45, 2.75) is 56.8 Å². The smallest absolute Gasteiger partial charge is 0.158 e. The molecule has 0 heterocycles. The minimum Gasteiger partial charge on any atom is -0.390 e. The second-order valence-electron chi connectivity index (χ2n) is 6.10. The van der Waals surface area contributed by atoms with Gasteiger partial charge in [-0.25, -0.2) is 0 Å². The van der Waals surface area contributed by atoms with Crippen molar-refractivity contribution in [3.05, 3.63) is 11.1 Å². The van der Waals surface area contributed by atoms with Gasteiger partial charge in [0.25, 0.3) is 0 Å². The molecule has 4 nitrogen and oxygen atoms in total. The van der Waals surface area contributed by atoms with Crippen molar-refractivity contribution >= 4 is 5.78 Å². The molecule has 0 amide bonds. The van der Waals surface area contributed by atoms with Crippen LogP contribution in [0.5, 0.6) is 0 Å². The van der Waals surface area contributed by atoms with Gasteiger partial charge in [-0.2, -0.15) is 0 Å². The Morgan fingerprint density at radius 1 is 1.16 bits per heavy atom. The topological polar surface area (TPSA) is 66.8 Å². The van der Waals surface area contributed by atoms with Crippen LogP contribution < -0.4 is 0 Å². The van der Waals surface area contributed by atoms with Crippen LogP contribution >= 0.6 is 0 Å². The SMILES string of the molecule is COC1CC2CCC(=O)C3=C(CCC3)C2C(O)C1O. The maximum absolute atomic E-state index is 12.1. The summed E-state index contributed by atoms with van der Waals surface area (Å²) in [4.78, 5) is 12.1. The van der Waals surface area contributed by atoms with Gasteiger partial charge in [-0.15, -0.1) is 0 Å². The Morgan fingerprint density at radius 3 is 2.68 bits per heavy atom. The van der Waals surface area contributed by atoms with Crippen molar-refractivity contribution in [2.75, 3.05) is 7.11 Å². The molecule has 5 unspecified atom stereocenters. The van der Waals surface area contributed by atoms with Crippen LogP contribution in [0.25, 0.3) is 0 Å². The molecule has 4 heteroatoms. The van der Waals surface area contributed by atoms with E-state index in [0.717, 1.165) is 43.3 Å². The first-order chi connectivity index (χ1) is 9.13. The van der Waals surface area contributed by atoms with E-state index in [1.807, 2.05) is 0 Å². The molecule has 0 aromatic rings. The van der Waals surface area contributed by atoms with Crippen molar-refractivity contribution < 1.29 is 19.7 Å². The van der Waals surface area contributed by atoms with E-state index >= 15 is 0 Å². The zero-order valence-electron chi connectivity index (χ0n) is 11.3. The average molecular weight is 266 g/mol. The summed E-state index contributed by atoms with van der Waals surface area (Å²) in [6.45, 7) is 0. The lowest BCUT2D eigenvalue weighted by Crippen LogP contribution is -2.51. The molecule has 1 fully saturated rings. The first-order valence-corrected chi connectivity index (χ1v) is 7.27. The number of ether oxygens (including phenoxy) is 1. The fourth-order valence-electron chi connectivity index (χ4n) is 4.24. The molecule has 0 saturated heterocycles. The van der Waals surface area contributed by atoms with Crippen LogP contribution in [0.3, 0.4) is 0 Å². The summed E-state index contributed by atoms with van der Waals surface area (Å²) >= 11 is 0. The normalized spacial score (nSPS) is 42.9. The van der Waals surface area contributed by atoms with Gasteiger partial charge in [0.05, 0.1) is 12.2 Å². The first kappa shape index (κ1) is 13.3. The minimum absolute atomic E-state index is 0.0367. The average Bonchev–Trinajstić information content (AvgIpc) is 2.84. The number of carbonyl (C=O) groups is 1. The van der Waals surface area contributed by atoms with E-state index in [0.29, 0.717) is 6.42 Å². The molecule has 2 N–H and O–H groups in total. The second kappa shape index (κ2) is 5.00. The lowest BCUT2D eigenvalue weighted by Gasteiger charge is -2.42. The summed E-state index contributed by atoms with van der Waals surface area (Å²) < 4.78 is 5.29. The molecule has 0 aliphatic heterocycles. The molecule has 3 rings (SSSR count). The van der Waals surface area contributed by atoms with Crippen LogP contribution in [0.15, 0.2) is 11.1 Å². The molecular weight excluding hydrogens is 244 g/mol. The quantitative estimate of drug-likeness (QED) is 0.748. The highest BCUT2D eigenvalue weighted by Crippen LogP contribution is 2.47. The van der Waals surface area contributed by atoms with E-state index in [9.17, 15) is 15.0 Å². The summed E-state index contributed by atoms with van der Waals surface area (Å²) in [6.07, 6.45) is 2.96. The lowest BCUT2D eigenvalue weighted by atomic mass is 9.69. The van der Waals surface area contributed by atoms with Gasteiger partial charge in [-0.1, -0.05) is 5.57 Å². The highest BCUT2D eigenvalue weighted by Gasteiger charge is 2.47. The van der Waals surface area contributed by atoms with Gasteiger partial charge < -0.3 is 14.9 Å². The van der Waals surface area contributed by atoms with Crippen LogP contribution in [-0.2, 0) is 9.53 Å². The molecule has 0 aromatic carbocycles. The molecule has 0 spiro atoms. The third-order valence-corrected chi connectivity index (χ3v) is 5.19. The van der Waals surface area contributed by atoms with Crippen LogP contribution in [0, 0.1) is 11.8 Å². The fraction of sp³-hybridized carbons (Fsp3) is 0.800. The van der Waals surface area contributed by atoms with Gasteiger partial charge in [0.2, 0.25) is 0 Å². The van der Waals surface area contributed by atoms with Gasteiger partial charge in [-0.3, -0.25) is 4.79 Å². The summed E-state index contributed by atoms with van der Waals surface area (Å²) in [6, 6.07) is 0. The monoisotopic (exact) mass is 266 g/mol. The number of Topliss-reactive ketones (excluding diaryl/α,β-unsaturated/α-hetero) is 1. The number of hydrogen-bond acceptors (Lipinski definition) is 4. The van der Waals surface area contributed by atoms with Gasteiger partial charge in [-0.05, 0) is 43.6 Å². The van der Waals surface area contributed by atoms with Crippen molar-refractivity contribution in [1.29, 1.82) is 0 Å². The van der Waals surface area contributed by atoms with Crippen LogP contribution in [0.2, 0.25) is 0 Å². The molecule has 1 saturated carbocycles. The highest BCUT2D eigenvalue weighted by molar-refractivity contribution is 5.97. The Labute approximate surface area is 113 Å². The van der Waals surface area contributed by atoms with E-state index in [2.05, 4.69) is 0 Å². The molecule has 0 radical (unpaired) electrons. The summed E-state index contributed by atoms with van der Waals surface area (Å²) in [7, 11) is 1.57. The zero-order valence-corrected chi connectivity index (χ0v) is 11.3. The Hall–Kier alpha value is -0.710. The predicted octanol–water partition coefficient (Wildman–Crippen LogP) is 1.20. The van der Waals surface area contributed by atoms with E-state index in [1.165, 1.54) is 0 Å². The predicted molar refractivity (Wildman–Crippen MR) is 69.5 cm³/mol. The maximum atomic E-state index is 12.1. The number of aliphatic hydroxyl groups excluding tert-OH is 2. The number of aliphatic hydroxyl groups is 2. The molecule has 3 aliphatic rings. The van der Waals surface area contributed by atoms with Gasteiger partial charge in [0, 0.05) is 19.4 Å². The van der Waals surface area contributed by atoms with Gasteiger partial charge in [0.15, 0.2) is 5.78 Å². The Bertz CT molecular complexity index is 414. The first-order valence-electron chi connectivity index (χ1n) is 7.27. The Morgan fingerprint density at radius 2 is 1.95 bits per heavy atom. The second-order valence-corrected chi connectivity index (χ2v) is 6.10. The van der Waals surface area contributed by atoms with Crippen molar-refractivity contribution in [3.8, 4) is 0 Å². The third-order valence-electron chi connectivity index (χ3n) is 5.19. The van der Waals surface area contributed by atoms with Gasteiger partial charge in [0.1, 0.15) is 6.10 Å². The molecule has 19 heavy (non-hydrogen) atoms. The number of fused-ring (bicyclic) bond motifs is 2. The zero-order chi connectivity index (χ0) is 13.6. The molecule has 5 atom stereocenters. The van der Waals surface area contributed by atoms with Gasteiger partial charge >= 0.3 is 0 Å². The van der Waals surface area contributed by atoms with Crippen LogP contribution in [0.1, 0.15) is 38.5 Å². The lowest BCUT2D eigenvalue weighted by molar-refractivity contribution is -0.134. The molecule has 0 aromatic heterocycles. The number of methoxy groups -OCH3 is 1. The van der Waals surface area contributed by atoms with E-state index in [4.69, 9.17) is 4.74 Å². The fourth-order valence-corrected chi connectivity index (χ4v) is 4.24. The number of hydrogen-bond donors (Lipinski definition) is 2. The molecule has 106 valence electrons. The maximum Gasteiger partial charge on any atom is 0.158 e. The number of rotatable bonds is 1. The van der Waals surface area contributed by atoms with Crippen LogP contribution in [0.4, 0.5) is 0 Å². The Kier molecular flexibility index (Phi) is 3.50. The highest BCUT2D eigenvalue weighted by atomic mass is 16.5. The standard InChI is InChI=1S/C15H22O4/c1-19-12-7-8-5-6-11(16)9-3-2-4-10(9)13(8)15(18)14(12)17/h8,12-15,17-18H,2-7H2,1H3. The van der Waals surface area contributed by atoms with E-state index in [-0.39, 0.29) is 23.7 Å². The van der Waals surface area contributed by atoms with Crippen LogP contribution in [-0.4, -0.2) is 41.4 Å². The third kappa shape index (κ3) is 2.06. The molecule has 0 bridgehead atoms. The van der Waals surface area contributed by atoms with E-state index in [1.54, 1.807) is 7.11 Å². The number of allylic oxidation sites excluding steroid dienone is 1. The van der Waals surface area contributed by atoms with Crippen molar-refractivity contribution in [1.82, 2.24) is 0 Å². The summed E-state index contributed by atoms with van der Waals surface area (Å²) in [5.41, 5.74) is 2.09. The molecule has 3 aliphatic carbocycles. The van der Waals surface area contributed by atoms with Crippen molar-refractivity contribution in [3.63, 3.8) is 0 Å². The van der Waals surface area contributed by atoms with Crippen molar-refractivity contribution in [2.24, 2.45) is 11.8 Å². The largest absolute Gasteiger partial charge is 0.390 e. The van der Waals surface area contributed by atoms with E-state index < -0.39 is 12.2 Å². The summed E-state index contributed by atoms with van der Waals surface area (Å²) in [5.74, 6) is 0.487.